The predicted octanol–water partition coefficient (Wildman–Crippen LogP) is 12.9. The van der Waals surface area contributed by atoms with Gasteiger partial charge >= 0.3 is 6.85 Å². The number of anilines is 5. The molecule has 4 heteroatoms. The molecule has 1 aromatic heterocycles. The molecule has 0 bridgehead atoms. The van der Waals surface area contributed by atoms with Crippen LogP contribution in [0.2, 0.25) is 0 Å². The van der Waals surface area contributed by atoms with E-state index in [9.17, 15) is 0 Å². The molecule has 3 heterocycles. The molecular weight excluding hydrogens is 671 g/mol. The number of unbranched alkanes of at least 4 members (excludes halogenated alkanes) is 1. The summed E-state index contributed by atoms with van der Waals surface area (Å²) < 4.78 is 2.64. The van der Waals surface area contributed by atoms with E-state index in [2.05, 4.69) is 186 Å². The lowest BCUT2D eigenvalue weighted by Crippen LogP contribution is -2.61. The number of hydrogen-bond acceptors (Lipinski definition) is 3. The van der Waals surface area contributed by atoms with Crippen LogP contribution in [0.5, 0.6) is 0 Å². The Hall–Kier alpha value is -6.10. The van der Waals surface area contributed by atoms with Crippen LogP contribution in [0.3, 0.4) is 0 Å². The third kappa shape index (κ3) is 4.73. The number of fused-ring (bicyclic) bond motifs is 9. The van der Waals surface area contributed by atoms with Crippen molar-refractivity contribution >= 4 is 88.5 Å². The Kier molecular flexibility index (Phi) is 7.28. The zero-order valence-corrected chi connectivity index (χ0v) is 31.0. The minimum atomic E-state index is -0.0461. The van der Waals surface area contributed by atoms with Gasteiger partial charge in [-0.2, -0.15) is 0 Å². The van der Waals surface area contributed by atoms with Crippen molar-refractivity contribution in [1.29, 1.82) is 0 Å². The summed E-state index contributed by atoms with van der Waals surface area (Å²) >= 11 is 1.90. The summed E-state index contributed by atoms with van der Waals surface area (Å²) in [6, 6.07) is 63.7. The fraction of sp³-hybridized carbons (Fsp3) is 0.0800. The van der Waals surface area contributed by atoms with Crippen LogP contribution in [-0.2, 0) is 6.42 Å². The molecule has 0 aliphatic carbocycles. The molecule has 54 heavy (non-hydrogen) atoms. The summed E-state index contributed by atoms with van der Waals surface area (Å²) in [7, 11) is 0. The van der Waals surface area contributed by atoms with Crippen LogP contribution in [0.25, 0.3) is 53.2 Å². The highest BCUT2D eigenvalue weighted by atomic mass is 32.1. The standard InChI is InChI=1S/C50H37BN2S/c1-2-3-16-33-27-28-44(40(29-33)34-17-6-4-7-18-34)52-46-32-48-41(39-24-13-15-26-47(39)54-48)31-43(46)51-49-42(30-35-19-10-11-22-37(35)50(49)52)38-23-12-14-25-45(38)53(51)36-20-8-5-9-21-36/h4-15,17-32H,2-3,16H2,1H3. The molecule has 0 fully saturated rings. The maximum Gasteiger partial charge on any atom is 0.333 e. The van der Waals surface area contributed by atoms with E-state index in [1.807, 2.05) is 11.3 Å². The maximum atomic E-state index is 2.64. The molecule has 2 aliphatic rings. The Balaban J connectivity index is 1.31. The Labute approximate surface area is 320 Å². The van der Waals surface area contributed by atoms with Crippen LogP contribution in [0.1, 0.15) is 25.3 Å². The first-order valence-electron chi connectivity index (χ1n) is 19.2. The first-order valence-corrected chi connectivity index (χ1v) is 20.0. The molecule has 9 aromatic rings. The van der Waals surface area contributed by atoms with E-state index in [4.69, 9.17) is 0 Å². The summed E-state index contributed by atoms with van der Waals surface area (Å²) in [5.74, 6) is 0. The van der Waals surface area contributed by atoms with Crippen LogP contribution in [-0.4, -0.2) is 6.85 Å². The highest BCUT2D eigenvalue weighted by Gasteiger charge is 2.46. The molecule has 0 radical (unpaired) electrons. The Bertz CT molecular complexity index is 2900. The van der Waals surface area contributed by atoms with Gasteiger partial charge in [0.25, 0.3) is 0 Å². The van der Waals surface area contributed by atoms with Crippen LogP contribution in [0.15, 0.2) is 170 Å². The summed E-state index contributed by atoms with van der Waals surface area (Å²) in [5, 5.41) is 5.17. The third-order valence-electron chi connectivity index (χ3n) is 11.6. The fourth-order valence-corrected chi connectivity index (χ4v) is 10.3. The van der Waals surface area contributed by atoms with Gasteiger partial charge in [-0.05, 0) is 94.4 Å². The molecule has 0 atom stereocenters. The number of benzene rings is 8. The SMILES string of the molecule is CCCCc1ccc(N2c3cc4sc5ccccc5c4cc3B3c4c(cc5ccccc5c42)-c2ccccc2N3c2ccccc2)c(-c2ccccc2)c1. The van der Waals surface area contributed by atoms with Crippen molar-refractivity contribution in [1.82, 2.24) is 0 Å². The number of para-hydroxylation sites is 2. The lowest BCUT2D eigenvalue weighted by molar-refractivity contribution is 0.795. The summed E-state index contributed by atoms with van der Waals surface area (Å²) in [6.07, 6.45) is 3.43. The van der Waals surface area contributed by atoms with Gasteiger partial charge in [-0.15, -0.1) is 11.3 Å². The Morgan fingerprint density at radius 1 is 0.537 bits per heavy atom. The van der Waals surface area contributed by atoms with Crippen molar-refractivity contribution in [2.24, 2.45) is 0 Å². The van der Waals surface area contributed by atoms with Crippen LogP contribution in [0, 0.1) is 0 Å². The minimum Gasteiger partial charge on any atom is -0.376 e. The summed E-state index contributed by atoms with van der Waals surface area (Å²) in [5.41, 5.74) is 15.3. The van der Waals surface area contributed by atoms with E-state index in [0.717, 1.165) is 6.42 Å². The van der Waals surface area contributed by atoms with Gasteiger partial charge in [-0.25, -0.2) is 0 Å². The van der Waals surface area contributed by atoms with Crippen molar-refractivity contribution in [3.8, 4) is 22.3 Å². The van der Waals surface area contributed by atoms with Crippen LogP contribution >= 0.6 is 11.3 Å². The van der Waals surface area contributed by atoms with Gasteiger partial charge in [-0.1, -0.05) is 135 Å². The van der Waals surface area contributed by atoms with Gasteiger partial charge < -0.3 is 9.71 Å². The Morgan fingerprint density at radius 2 is 1.28 bits per heavy atom. The van der Waals surface area contributed by atoms with Gasteiger partial charge in [0.1, 0.15) is 0 Å². The summed E-state index contributed by atoms with van der Waals surface area (Å²) in [4.78, 5) is 5.25. The quantitative estimate of drug-likeness (QED) is 0.159. The van der Waals surface area contributed by atoms with Crippen molar-refractivity contribution < 1.29 is 0 Å². The second-order valence-corrected chi connectivity index (χ2v) is 15.8. The second kappa shape index (κ2) is 12.5. The first-order chi connectivity index (χ1) is 26.8. The van der Waals surface area contributed by atoms with Crippen LogP contribution < -0.4 is 20.6 Å². The Morgan fingerprint density at radius 3 is 2.13 bits per heavy atom. The van der Waals surface area contributed by atoms with Gasteiger partial charge in [0.2, 0.25) is 0 Å². The number of aryl methyl sites for hydroxylation is 1. The lowest BCUT2D eigenvalue weighted by Gasteiger charge is -2.46. The van der Waals surface area contributed by atoms with Gasteiger partial charge in [0.05, 0.1) is 11.4 Å². The zero-order valence-electron chi connectivity index (χ0n) is 30.2. The normalized spacial score (nSPS) is 13.0. The summed E-state index contributed by atoms with van der Waals surface area (Å²) in [6.45, 7) is 2.23. The lowest BCUT2D eigenvalue weighted by atomic mass is 9.43. The van der Waals surface area contributed by atoms with E-state index < -0.39 is 0 Å². The molecule has 0 spiro atoms. The highest BCUT2D eigenvalue weighted by Crippen LogP contribution is 2.51. The van der Waals surface area contributed by atoms with Crippen molar-refractivity contribution in [3.63, 3.8) is 0 Å². The average Bonchev–Trinajstić information content (AvgIpc) is 3.60. The minimum absolute atomic E-state index is 0.0461. The molecule has 0 saturated heterocycles. The van der Waals surface area contributed by atoms with Crippen molar-refractivity contribution in [3.05, 3.63) is 175 Å². The van der Waals surface area contributed by atoms with Gasteiger partial charge in [0.15, 0.2) is 0 Å². The number of nitrogens with zero attached hydrogens (tertiary/aromatic N) is 2. The van der Waals surface area contributed by atoms with E-state index in [-0.39, 0.29) is 6.85 Å². The fourth-order valence-electron chi connectivity index (χ4n) is 9.16. The second-order valence-electron chi connectivity index (χ2n) is 14.7. The van der Waals surface area contributed by atoms with Gasteiger partial charge in [0, 0.05) is 53.7 Å². The smallest absolute Gasteiger partial charge is 0.333 e. The van der Waals surface area contributed by atoms with E-state index in [0.29, 0.717) is 0 Å². The largest absolute Gasteiger partial charge is 0.376 e. The zero-order chi connectivity index (χ0) is 35.8. The average molecular weight is 709 g/mol. The molecule has 0 saturated carbocycles. The van der Waals surface area contributed by atoms with Crippen LogP contribution in [0.4, 0.5) is 28.4 Å². The number of hydrogen-bond donors (Lipinski definition) is 0. The molecular formula is C50H37BN2S. The molecule has 0 N–H and O–H groups in total. The monoisotopic (exact) mass is 708 g/mol. The number of rotatable bonds is 6. The molecule has 8 aromatic carbocycles. The predicted molar refractivity (Wildman–Crippen MR) is 235 cm³/mol. The number of thiophene rings is 1. The highest BCUT2D eigenvalue weighted by molar-refractivity contribution is 7.26. The topological polar surface area (TPSA) is 6.48 Å². The molecule has 2 aliphatic heterocycles. The molecule has 11 rings (SSSR count). The molecule has 0 amide bonds. The van der Waals surface area contributed by atoms with Gasteiger partial charge in [-0.3, -0.25) is 0 Å². The van der Waals surface area contributed by atoms with E-state index in [1.54, 1.807) is 0 Å². The molecule has 2 nitrogen and oxygen atoms in total. The molecule has 0 unspecified atom stereocenters. The van der Waals surface area contributed by atoms with E-state index in [1.165, 1.54) is 111 Å². The van der Waals surface area contributed by atoms with Crippen molar-refractivity contribution in [2.75, 3.05) is 9.71 Å². The van der Waals surface area contributed by atoms with E-state index >= 15 is 0 Å². The molecule has 256 valence electrons. The maximum absolute atomic E-state index is 2.64. The van der Waals surface area contributed by atoms with Crippen molar-refractivity contribution in [2.45, 2.75) is 26.2 Å². The first kappa shape index (κ1) is 31.4. The third-order valence-corrected chi connectivity index (χ3v) is 12.7.